The number of hydrogen-bond donors (Lipinski definition) is 2. The van der Waals surface area contributed by atoms with Gasteiger partial charge in [0.2, 0.25) is 0 Å². The lowest BCUT2D eigenvalue weighted by Crippen LogP contribution is -2.19. The number of nitrogens with one attached hydrogen (secondary N) is 2. The minimum Gasteiger partial charge on any atom is -0.494 e. The normalized spacial score (nSPS) is 12.9. The Hall–Kier alpha value is -2.77. The van der Waals surface area contributed by atoms with Crippen LogP contribution in [0.5, 0.6) is 11.5 Å². The Morgan fingerprint density at radius 2 is 0.938 bits per heavy atom. The van der Waals surface area contributed by atoms with Crippen molar-refractivity contribution in [1.82, 2.24) is 0 Å². The van der Waals surface area contributed by atoms with Crippen LogP contribution in [0.4, 0.5) is 16.2 Å². The van der Waals surface area contributed by atoms with Gasteiger partial charge in [0.1, 0.15) is 11.5 Å². The zero-order valence-electron chi connectivity index (χ0n) is 29.5. The minimum atomic E-state index is -0.240. The Balaban J connectivity index is 1.21. The van der Waals surface area contributed by atoms with Gasteiger partial charge in [-0.15, -0.1) is 0 Å². The van der Waals surface area contributed by atoms with E-state index in [0.717, 1.165) is 71.9 Å². The molecule has 5 nitrogen and oxygen atoms in total. The summed E-state index contributed by atoms with van der Waals surface area (Å²) in [7, 11) is 0. The molecule has 1 heterocycles. The van der Waals surface area contributed by atoms with Crippen LogP contribution in [0.3, 0.4) is 0 Å². The number of urea groups is 1. The van der Waals surface area contributed by atoms with E-state index in [-0.39, 0.29) is 6.03 Å². The molecule has 3 aromatic carbocycles. The highest BCUT2D eigenvalue weighted by molar-refractivity contribution is 7.98. The standard InChI is InChI=1S/C41H58N2O3S2/c1-3-5-7-9-11-12-14-15-21-45-39-19-17-37(18-20-39)42-41(44)43-38-25-33-23-34(26-38)30-48-32-36-24-35(31-47-29-33)27-40(28-36)46-22-16-13-10-8-6-4-2/h17-20,23-28H,3-16,21-22,29-32H2,1-2H3,(H2,42,43,44). The Morgan fingerprint density at radius 3 is 1.44 bits per heavy atom. The molecule has 1 aliphatic heterocycles. The van der Waals surface area contributed by atoms with E-state index in [9.17, 15) is 4.79 Å². The summed E-state index contributed by atoms with van der Waals surface area (Å²) in [5.41, 5.74) is 6.65. The lowest BCUT2D eigenvalue weighted by molar-refractivity contribution is 0.262. The third-order valence-electron chi connectivity index (χ3n) is 8.56. The van der Waals surface area contributed by atoms with E-state index in [1.54, 1.807) is 0 Å². The van der Waals surface area contributed by atoms with E-state index in [4.69, 9.17) is 9.47 Å². The number of unbranched alkanes of at least 4 members (excludes halogenated alkanes) is 12. The lowest BCUT2D eigenvalue weighted by Gasteiger charge is -2.15. The van der Waals surface area contributed by atoms with Gasteiger partial charge in [0.05, 0.1) is 13.2 Å². The molecule has 0 spiro atoms. The third-order valence-corrected chi connectivity index (χ3v) is 10.7. The second kappa shape index (κ2) is 22.8. The molecule has 0 fully saturated rings. The van der Waals surface area contributed by atoms with Crippen molar-refractivity contribution < 1.29 is 14.3 Å². The first-order valence-corrected chi connectivity index (χ1v) is 20.8. The maximum Gasteiger partial charge on any atom is 0.323 e. The number of hydrogen-bond acceptors (Lipinski definition) is 5. The molecule has 2 N–H and O–H groups in total. The van der Waals surface area contributed by atoms with Crippen LogP contribution in [0.15, 0.2) is 60.7 Å². The van der Waals surface area contributed by atoms with Crippen LogP contribution in [-0.4, -0.2) is 19.2 Å². The van der Waals surface area contributed by atoms with Crippen LogP contribution in [-0.2, 0) is 23.0 Å². The molecule has 4 bridgehead atoms. The van der Waals surface area contributed by atoms with Crippen molar-refractivity contribution in [1.29, 1.82) is 0 Å². The predicted octanol–water partition coefficient (Wildman–Crippen LogP) is 12.8. The summed E-state index contributed by atoms with van der Waals surface area (Å²) >= 11 is 3.80. The molecule has 0 aromatic heterocycles. The molecule has 0 atom stereocenters. The van der Waals surface area contributed by atoms with Gasteiger partial charge in [0, 0.05) is 34.4 Å². The molecule has 0 aliphatic carbocycles. The maximum atomic E-state index is 12.9. The van der Waals surface area contributed by atoms with Crippen LogP contribution in [0, 0.1) is 0 Å². The van der Waals surface area contributed by atoms with Crippen molar-refractivity contribution >= 4 is 40.9 Å². The topological polar surface area (TPSA) is 59.6 Å². The smallest absolute Gasteiger partial charge is 0.323 e. The van der Waals surface area contributed by atoms with Gasteiger partial charge in [0.15, 0.2) is 0 Å². The van der Waals surface area contributed by atoms with Gasteiger partial charge in [-0.2, -0.15) is 23.5 Å². The summed E-state index contributed by atoms with van der Waals surface area (Å²) in [4.78, 5) is 12.9. The first-order chi connectivity index (χ1) is 23.6. The zero-order chi connectivity index (χ0) is 33.7. The number of carbonyl (C=O) groups is 1. The van der Waals surface area contributed by atoms with E-state index in [1.807, 2.05) is 47.8 Å². The fraction of sp³-hybridized carbons (Fsp3) is 0.537. The predicted molar refractivity (Wildman–Crippen MR) is 209 cm³/mol. The molecule has 0 saturated carbocycles. The first-order valence-electron chi connectivity index (χ1n) is 18.5. The van der Waals surface area contributed by atoms with Crippen LogP contribution in [0.1, 0.15) is 126 Å². The fourth-order valence-corrected chi connectivity index (χ4v) is 7.79. The molecule has 4 rings (SSSR count). The molecule has 7 heteroatoms. The first kappa shape index (κ1) is 38.0. The summed E-state index contributed by atoms with van der Waals surface area (Å²) in [6, 6.07) is 20.7. The number of anilines is 2. The van der Waals surface area contributed by atoms with E-state index < -0.39 is 0 Å². The number of rotatable bonds is 20. The van der Waals surface area contributed by atoms with Crippen LogP contribution >= 0.6 is 23.5 Å². The van der Waals surface area contributed by atoms with Gasteiger partial charge in [-0.25, -0.2) is 4.79 Å². The largest absolute Gasteiger partial charge is 0.494 e. The van der Waals surface area contributed by atoms with E-state index in [0.29, 0.717) is 0 Å². The average molecular weight is 691 g/mol. The molecule has 0 radical (unpaired) electrons. The molecule has 2 amide bonds. The van der Waals surface area contributed by atoms with Gasteiger partial charge in [0.25, 0.3) is 0 Å². The number of ether oxygens (including phenoxy) is 2. The Morgan fingerprint density at radius 1 is 0.521 bits per heavy atom. The molecule has 0 unspecified atom stereocenters. The summed E-state index contributed by atoms with van der Waals surface area (Å²) < 4.78 is 12.1. The molecule has 48 heavy (non-hydrogen) atoms. The Kier molecular flexibility index (Phi) is 18.1. The molecule has 3 aromatic rings. The second-order valence-electron chi connectivity index (χ2n) is 13.1. The SMILES string of the molecule is CCCCCCCCCCOc1ccc(NC(=O)Nc2cc3cc(c2)CSCc2cc(cc(OCCCCCCCC)c2)CSC3)cc1. The molecular weight excluding hydrogens is 633 g/mol. The van der Waals surface area contributed by atoms with E-state index in [2.05, 4.69) is 60.9 Å². The maximum absolute atomic E-state index is 12.9. The lowest BCUT2D eigenvalue weighted by atomic mass is 10.1. The van der Waals surface area contributed by atoms with Crippen molar-refractivity contribution in [3.8, 4) is 11.5 Å². The summed E-state index contributed by atoms with van der Waals surface area (Å²) in [5, 5.41) is 6.05. The van der Waals surface area contributed by atoms with Crippen molar-refractivity contribution in [3.05, 3.63) is 82.9 Å². The van der Waals surface area contributed by atoms with Gasteiger partial charge < -0.3 is 20.1 Å². The number of fused-ring (bicyclic) bond motifs is 4. The molecule has 1 aliphatic rings. The second-order valence-corrected chi connectivity index (χ2v) is 15.0. The molecular formula is C41H58N2O3S2. The van der Waals surface area contributed by atoms with Gasteiger partial charge >= 0.3 is 6.03 Å². The average Bonchev–Trinajstić information content (AvgIpc) is 3.07. The zero-order valence-corrected chi connectivity index (χ0v) is 31.1. The van der Waals surface area contributed by atoms with Crippen molar-refractivity contribution in [2.45, 2.75) is 127 Å². The van der Waals surface area contributed by atoms with Crippen molar-refractivity contribution in [2.24, 2.45) is 0 Å². The van der Waals surface area contributed by atoms with Crippen LogP contribution < -0.4 is 20.1 Å². The van der Waals surface area contributed by atoms with Crippen molar-refractivity contribution in [2.75, 3.05) is 23.8 Å². The highest BCUT2D eigenvalue weighted by Crippen LogP contribution is 2.30. The third kappa shape index (κ3) is 15.2. The number of carbonyl (C=O) groups excluding carboxylic acids is 1. The monoisotopic (exact) mass is 690 g/mol. The summed E-state index contributed by atoms with van der Waals surface area (Å²) in [6.07, 6.45) is 17.9. The molecule has 262 valence electrons. The van der Waals surface area contributed by atoms with Crippen LogP contribution in [0.2, 0.25) is 0 Å². The number of benzene rings is 3. The highest BCUT2D eigenvalue weighted by atomic mass is 32.2. The summed E-state index contributed by atoms with van der Waals surface area (Å²) in [5.74, 6) is 5.47. The van der Waals surface area contributed by atoms with Crippen molar-refractivity contribution in [3.63, 3.8) is 0 Å². The quantitative estimate of drug-likeness (QED) is 0.116. The number of amides is 2. The minimum absolute atomic E-state index is 0.240. The Bertz CT molecular complexity index is 1300. The van der Waals surface area contributed by atoms with E-state index in [1.165, 1.54) is 99.3 Å². The van der Waals surface area contributed by atoms with E-state index >= 15 is 0 Å². The van der Waals surface area contributed by atoms with Crippen LogP contribution in [0.25, 0.3) is 0 Å². The molecule has 0 saturated heterocycles. The summed E-state index contributed by atoms with van der Waals surface area (Å²) in [6.45, 7) is 6.05. The fourth-order valence-electron chi connectivity index (χ4n) is 5.98. The van der Waals surface area contributed by atoms with Gasteiger partial charge in [-0.1, -0.05) is 103 Å². The number of thioether (sulfide) groups is 2. The van der Waals surface area contributed by atoms with Gasteiger partial charge in [-0.05, 0) is 83.6 Å². The van der Waals surface area contributed by atoms with Gasteiger partial charge in [-0.3, -0.25) is 0 Å². The Labute approximate surface area is 299 Å². The highest BCUT2D eigenvalue weighted by Gasteiger charge is 2.10.